The van der Waals surface area contributed by atoms with E-state index in [4.69, 9.17) is 5.73 Å². The number of nitrogens with two attached hydrogens (primary N) is 1. The predicted molar refractivity (Wildman–Crippen MR) is 80.2 cm³/mol. The number of thiophene rings is 1. The third kappa shape index (κ3) is 2.03. The van der Waals surface area contributed by atoms with Crippen molar-refractivity contribution in [3.63, 3.8) is 0 Å². The largest absolute Gasteiger partial charge is 0.328 e. The van der Waals surface area contributed by atoms with Crippen molar-refractivity contribution in [1.82, 2.24) is 9.55 Å². The molecule has 1 aliphatic carbocycles. The van der Waals surface area contributed by atoms with Crippen LogP contribution in [0.25, 0.3) is 11.3 Å². The number of hydrogen-bond acceptors (Lipinski definition) is 3. The highest BCUT2D eigenvalue weighted by molar-refractivity contribution is 7.08. The summed E-state index contributed by atoms with van der Waals surface area (Å²) in [5, 5.41) is 4.30. The smallest absolute Gasteiger partial charge is 0.0956 e. The van der Waals surface area contributed by atoms with Crippen LogP contribution in [0.2, 0.25) is 0 Å². The van der Waals surface area contributed by atoms with Crippen LogP contribution in [-0.4, -0.2) is 16.1 Å². The molecule has 0 aromatic carbocycles. The molecule has 0 aliphatic heterocycles. The molecule has 102 valence electrons. The lowest BCUT2D eigenvalue weighted by Crippen LogP contribution is -2.48. The van der Waals surface area contributed by atoms with Crippen molar-refractivity contribution >= 4 is 11.3 Å². The Morgan fingerprint density at radius 3 is 3.11 bits per heavy atom. The maximum Gasteiger partial charge on any atom is 0.0956 e. The van der Waals surface area contributed by atoms with Crippen LogP contribution >= 0.6 is 11.3 Å². The summed E-state index contributed by atoms with van der Waals surface area (Å²) in [5.41, 5.74) is 8.71. The standard InChI is InChI=1S/C15H21N3S/c1-12-4-2-3-6-15(12,10-16)18-11-17-8-14(18)13-5-7-19-9-13/h5,7-9,11-12H,2-4,6,10,16H2,1H3. The van der Waals surface area contributed by atoms with Crippen LogP contribution in [0.1, 0.15) is 32.6 Å². The first-order valence-electron chi connectivity index (χ1n) is 7.03. The summed E-state index contributed by atoms with van der Waals surface area (Å²) in [6.45, 7) is 3.03. The van der Waals surface area contributed by atoms with Gasteiger partial charge in [0.1, 0.15) is 0 Å². The van der Waals surface area contributed by atoms with Crippen molar-refractivity contribution in [2.45, 2.75) is 38.1 Å². The van der Waals surface area contributed by atoms with E-state index in [0.29, 0.717) is 12.5 Å². The van der Waals surface area contributed by atoms with E-state index in [0.717, 1.165) is 6.42 Å². The second-order valence-corrected chi connectivity index (χ2v) is 6.40. The molecule has 0 radical (unpaired) electrons. The van der Waals surface area contributed by atoms with Crippen LogP contribution in [0, 0.1) is 5.92 Å². The van der Waals surface area contributed by atoms with E-state index in [9.17, 15) is 0 Å². The first kappa shape index (κ1) is 12.9. The third-order valence-electron chi connectivity index (χ3n) is 4.70. The zero-order chi connectivity index (χ0) is 13.3. The van der Waals surface area contributed by atoms with Gasteiger partial charge in [-0.25, -0.2) is 4.98 Å². The second kappa shape index (κ2) is 5.10. The van der Waals surface area contributed by atoms with Gasteiger partial charge in [-0.1, -0.05) is 19.8 Å². The van der Waals surface area contributed by atoms with Gasteiger partial charge in [-0.2, -0.15) is 11.3 Å². The summed E-state index contributed by atoms with van der Waals surface area (Å²) < 4.78 is 2.35. The molecule has 3 rings (SSSR count). The van der Waals surface area contributed by atoms with E-state index in [2.05, 4.69) is 33.3 Å². The quantitative estimate of drug-likeness (QED) is 0.932. The van der Waals surface area contributed by atoms with Gasteiger partial charge < -0.3 is 10.3 Å². The van der Waals surface area contributed by atoms with Crippen LogP contribution in [0.4, 0.5) is 0 Å². The molecule has 0 spiro atoms. The average Bonchev–Trinajstić information content (AvgIpc) is 3.10. The van der Waals surface area contributed by atoms with Crippen LogP contribution in [0.5, 0.6) is 0 Å². The zero-order valence-corrected chi connectivity index (χ0v) is 12.2. The Bertz CT molecular complexity index is 531. The first-order chi connectivity index (χ1) is 9.28. The van der Waals surface area contributed by atoms with E-state index in [-0.39, 0.29) is 5.54 Å². The van der Waals surface area contributed by atoms with Gasteiger partial charge in [-0.15, -0.1) is 0 Å². The van der Waals surface area contributed by atoms with Gasteiger partial charge in [0, 0.05) is 17.5 Å². The fourth-order valence-corrected chi connectivity index (χ4v) is 4.08. The Morgan fingerprint density at radius 1 is 1.53 bits per heavy atom. The Morgan fingerprint density at radius 2 is 2.42 bits per heavy atom. The molecular formula is C15H21N3S. The Hall–Kier alpha value is -1.13. The van der Waals surface area contributed by atoms with Gasteiger partial charge >= 0.3 is 0 Å². The molecule has 2 aromatic rings. The topological polar surface area (TPSA) is 43.8 Å². The van der Waals surface area contributed by atoms with Gasteiger partial charge in [-0.05, 0) is 30.2 Å². The Labute approximate surface area is 118 Å². The Balaban J connectivity index is 2.07. The van der Waals surface area contributed by atoms with Crippen LogP contribution in [-0.2, 0) is 5.54 Å². The molecular weight excluding hydrogens is 254 g/mol. The van der Waals surface area contributed by atoms with Gasteiger partial charge in [0.25, 0.3) is 0 Å². The molecule has 2 aromatic heterocycles. The highest BCUT2D eigenvalue weighted by Crippen LogP contribution is 2.41. The van der Waals surface area contributed by atoms with Crippen LogP contribution < -0.4 is 5.73 Å². The summed E-state index contributed by atoms with van der Waals surface area (Å²) >= 11 is 1.73. The van der Waals surface area contributed by atoms with Crippen molar-refractivity contribution in [3.8, 4) is 11.3 Å². The van der Waals surface area contributed by atoms with Crippen LogP contribution in [0.3, 0.4) is 0 Å². The van der Waals surface area contributed by atoms with Crippen molar-refractivity contribution in [3.05, 3.63) is 29.4 Å². The minimum atomic E-state index is 0.0476. The maximum absolute atomic E-state index is 6.20. The lowest BCUT2D eigenvalue weighted by atomic mass is 9.73. The number of nitrogens with zero attached hydrogens (tertiary/aromatic N) is 2. The predicted octanol–water partition coefficient (Wildman–Crippen LogP) is 3.48. The highest BCUT2D eigenvalue weighted by Gasteiger charge is 2.39. The molecule has 2 N–H and O–H groups in total. The highest BCUT2D eigenvalue weighted by atomic mass is 32.1. The normalized spacial score (nSPS) is 27.6. The minimum absolute atomic E-state index is 0.0476. The van der Waals surface area contributed by atoms with Gasteiger partial charge in [0.2, 0.25) is 0 Å². The van der Waals surface area contributed by atoms with Crippen LogP contribution in [0.15, 0.2) is 29.4 Å². The molecule has 4 heteroatoms. The molecule has 1 saturated carbocycles. The summed E-state index contributed by atoms with van der Waals surface area (Å²) in [5.74, 6) is 0.609. The van der Waals surface area contributed by atoms with Gasteiger partial charge in [0.15, 0.2) is 0 Å². The lowest BCUT2D eigenvalue weighted by Gasteiger charge is -2.44. The average molecular weight is 275 g/mol. The summed E-state index contributed by atoms with van der Waals surface area (Å²) in [6, 6.07) is 2.16. The third-order valence-corrected chi connectivity index (χ3v) is 5.39. The van der Waals surface area contributed by atoms with Gasteiger partial charge in [-0.3, -0.25) is 0 Å². The molecule has 0 amide bonds. The van der Waals surface area contributed by atoms with E-state index in [1.807, 2.05) is 12.5 Å². The monoisotopic (exact) mass is 275 g/mol. The molecule has 0 saturated heterocycles. The molecule has 2 unspecified atom stereocenters. The summed E-state index contributed by atoms with van der Waals surface area (Å²) in [7, 11) is 0. The molecule has 2 heterocycles. The first-order valence-corrected chi connectivity index (χ1v) is 7.98. The maximum atomic E-state index is 6.20. The number of hydrogen-bond donors (Lipinski definition) is 1. The van der Waals surface area contributed by atoms with Gasteiger partial charge in [0.05, 0.1) is 23.8 Å². The number of rotatable bonds is 3. The molecule has 1 fully saturated rings. The molecule has 3 nitrogen and oxygen atoms in total. The number of aromatic nitrogens is 2. The fourth-order valence-electron chi connectivity index (χ4n) is 3.43. The van der Waals surface area contributed by atoms with E-state index >= 15 is 0 Å². The Kier molecular flexibility index (Phi) is 3.46. The second-order valence-electron chi connectivity index (χ2n) is 5.62. The lowest BCUT2D eigenvalue weighted by molar-refractivity contribution is 0.127. The molecule has 0 bridgehead atoms. The van der Waals surface area contributed by atoms with E-state index in [1.54, 1.807) is 11.3 Å². The van der Waals surface area contributed by atoms with Crippen molar-refractivity contribution in [1.29, 1.82) is 0 Å². The zero-order valence-electron chi connectivity index (χ0n) is 11.4. The molecule has 2 atom stereocenters. The van der Waals surface area contributed by atoms with Crippen molar-refractivity contribution in [2.75, 3.05) is 6.54 Å². The summed E-state index contributed by atoms with van der Waals surface area (Å²) in [6.07, 6.45) is 8.97. The SMILES string of the molecule is CC1CCCCC1(CN)n1cncc1-c1ccsc1. The van der Waals surface area contributed by atoms with E-state index < -0.39 is 0 Å². The number of imidazole rings is 1. The van der Waals surface area contributed by atoms with E-state index in [1.165, 1.54) is 30.5 Å². The summed E-state index contributed by atoms with van der Waals surface area (Å²) in [4.78, 5) is 4.39. The molecule has 19 heavy (non-hydrogen) atoms. The fraction of sp³-hybridized carbons (Fsp3) is 0.533. The van der Waals surface area contributed by atoms with Crippen molar-refractivity contribution < 1.29 is 0 Å². The molecule has 1 aliphatic rings. The minimum Gasteiger partial charge on any atom is -0.328 e. The van der Waals surface area contributed by atoms with Crippen molar-refractivity contribution in [2.24, 2.45) is 11.7 Å².